The minimum absolute atomic E-state index is 0.0464. The van der Waals surface area contributed by atoms with E-state index in [4.69, 9.17) is 0 Å². The van der Waals surface area contributed by atoms with Gasteiger partial charge in [-0.25, -0.2) is 0 Å². The van der Waals surface area contributed by atoms with Crippen LogP contribution < -0.4 is 5.56 Å². The highest BCUT2D eigenvalue weighted by Gasteiger charge is 2.21. The molecule has 1 saturated heterocycles. The minimum atomic E-state index is 0.0464. The normalized spacial score (nSPS) is 15.6. The summed E-state index contributed by atoms with van der Waals surface area (Å²) in [5.74, 6) is 0.215. The Kier molecular flexibility index (Phi) is 5.48. The van der Waals surface area contributed by atoms with Gasteiger partial charge in [0, 0.05) is 51.5 Å². The van der Waals surface area contributed by atoms with Gasteiger partial charge in [-0.3, -0.25) is 14.5 Å². The Morgan fingerprint density at radius 2 is 1.92 bits per heavy atom. The average Bonchev–Trinajstić information content (AvgIpc) is 3.10. The number of amides is 1. The smallest absolute Gasteiger partial charge is 0.250 e. The molecule has 0 aromatic carbocycles. The zero-order valence-electron chi connectivity index (χ0n) is 14.0. The molecule has 128 valence electrons. The second-order valence-corrected chi connectivity index (χ2v) is 6.91. The molecular weight excluding hydrogens is 322 g/mol. The minimum Gasteiger partial charge on any atom is -0.340 e. The zero-order valence-corrected chi connectivity index (χ0v) is 14.8. The fraction of sp³-hybridized carbons (Fsp3) is 0.444. The lowest BCUT2D eigenvalue weighted by atomic mass is 10.2. The first-order chi connectivity index (χ1) is 11.7. The van der Waals surface area contributed by atoms with Crippen molar-refractivity contribution in [3.8, 4) is 0 Å². The van der Waals surface area contributed by atoms with Crippen molar-refractivity contribution in [1.29, 1.82) is 0 Å². The molecule has 0 saturated carbocycles. The standard InChI is InChI=1S/C18H23N3O2S/c1-2-20-13-16(3-4-17(20)22)12-19-6-8-21(9-7-19)18(23)11-15-5-10-24-14-15/h3-5,10,13-14H,2,6-9,11-12H2,1H3. The summed E-state index contributed by atoms with van der Waals surface area (Å²) in [7, 11) is 0. The fourth-order valence-electron chi connectivity index (χ4n) is 3.01. The Morgan fingerprint density at radius 1 is 1.12 bits per heavy atom. The Bertz CT molecular complexity index is 731. The van der Waals surface area contributed by atoms with Gasteiger partial charge >= 0.3 is 0 Å². The van der Waals surface area contributed by atoms with Gasteiger partial charge in [0.15, 0.2) is 0 Å². The summed E-state index contributed by atoms with van der Waals surface area (Å²) in [5.41, 5.74) is 2.30. The Labute approximate surface area is 146 Å². The largest absolute Gasteiger partial charge is 0.340 e. The number of carbonyl (C=O) groups excluding carboxylic acids is 1. The Hall–Kier alpha value is -1.92. The van der Waals surface area contributed by atoms with Crippen LogP contribution in [0.25, 0.3) is 0 Å². The molecule has 5 nitrogen and oxygen atoms in total. The summed E-state index contributed by atoms with van der Waals surface area (Å²) in [6.45, 7) is 6.79. The highest BCUT2D eigenvalue weighted by molar-refractivity contribution is 7.07. The van der Waals surface area contributed by atoms with Crippen molar-refractivity contribution in [2.24, 2.45) is 0 Å². The van der Waals surface area contributed by atoms with Crippen molar-refractivity contribution >= 4 is 17.2 Å². The molecule has 0 radical (unpaired) electrons. The van der Waals surface area contributed by atoms with Crippen LogP contribution in [0.2, 0.25) is 0 Å². The first-order valence-corrected chi connectivity index (χ1v) is 9.30. The van der Waals surface area contributed by atoms with Crippen molar-refractivity contribution in [1.82, 2.24) is 14.4 Å². The van der Waals surface area contributed by atoms with Gasteiger partial charge in [0.05, 0.1) is 6.42 Å². The summed E-state index contributed by atoms with van der Waals surface area (Å²) in [6.07, 6.45) is 2.45. The second kappa shape index (κ2) is 7.77. The zero-order chi connectivity index (χ0) is 16.9. The molecule has 2 aromatic heterocycles. The predicted octanol–water partition coefficient (Wildman–Crippen LogP) is 1.82. The molecule has 0 atom stereocenters. The molecular formula is C18H23N3O2S. The summed E-state index contributed by atoms with van der Waals surface area (Å²) >= 11 is 1.63. The number of piperazine rings is 1. The molecule has 0 bridgehead atoms. The van der Waals surface area contributed by atoms with Crippen molar-refractivity contribution < 1.29 is 4.79 Å². The van der Waals surface area contributed by atoms with Crippen molar-refractivity contribution in [3.05, 3.63) is 56.6 Å². The van der Waals surface area contributed by atoms with E-state index in [1.807, 2.05) is 40.9 Å². The van der Waals surface area contributed by atoms with E-state index in [1.54, 1.807) is 22.0 Å². The maximum Gasteiger partial charge on any atom is 0.250 e. The molecule has 0 unspecified atom stereocenters. The lowest BCUT2D eigenvalue weighted by Gasteiger charge is -2.34. The van der Waals surface area contributed by atoms with Crippen LogP contribution in [0.4, 0.5) is 0 Å². The SMILES string of the molecule is CCn1cc(CN2CCN(C(=O)Cc3ccsc3)CC2)ccc1=O. The predicted molar refractivity (Wildman–Crippen MR) is 96.3 cm³/mol. The summed E-state index contributed by atoms with van der Waals surface area (Å²) in [4.78, 5) is 28.3. The van der Waals surface area contributed by atoms with E-state index in [0.717, 1.165) is 43.9 Å². The van der Waals surface area contributed by atoms with E-state index in [9.17, 15) is 9.59 Å². The van der Waals surface area contributed by atoms with Crippen molar-refractivity contribution in [2.75, 3.05) is 26.2 Å². The number of aromatic nitrogens is 1. The van der Waals surface area contributed by atoms with Crippen LogP contribution in [0, 0.1) is 0 Å². The van der Waals surface area contributed by atoms with Gasteiger partial charge in [0.25, 0.3) is 5.56 Å². The van der Waals surface area contributed by atoms with Crippen molar-refractivity contribution in [2.45, 2.75) is 26.4 Å². The molecule has 3 heterocycles. The highest BCUT2D eigenvalue weighted by Crippen LogP contribution is 2.11. The summed E-state index contributed by atoms with van der Waals surface area (Å²) < 4.78 is 1.73. The number of nitrogens with zero attached hydrogens (tertiary/aromatic N) is 3. The van der Waals surface area contributed by atoms with Crippen LogP contribution in [0.1, 0.15) is 18.1 Å². The fourth-order valence-corrected chi connectivity index (χ4v) is 3.68. The number of thiophene rings is 1. The lowest BCUT2D eigenvalue weighted by Crippen LogP contribution is -2.48. The summed E-state index contributed by atoms with van der Waals surface area (Å²) in [5, 5.41) is 4.05. The third kappa shape index (κ3) is 4.13. The quantitative estimate of drug-likeness (QED) is 0.830. The van der Waals surface area contributed by atoms with E-state index >= 15 is 0 Å². The molecule has 0 aliphatic carbocycles. The summed E-state index contributed by atoms with van der Waals surface area (Å²) in [6, 6.07) is 5.56. The van der Waals surface area contributed by atoms with Crippen molar-refractivity contribution in [3.63, 3.8) is 0 Å². The van der Waals surface area contributed by atoms with Crippen LogP contribution in [-0.4, -0.2) is 46.5 Å². The van der Waals surface area contributed by atoms with Gasteiger partial charge in [-0.05, 0) is 34.9 Å². The molecule has 1 aliphatic rings. The Balaban J connectivity index is 1.51. The second-order valence-electron chi connectivity index (χ2n) is 6.13. The van der Waals surface area contributed by atoms with E-state index in [0.29, 0.717) is 13.0 Å². The highest BCUT2D eigenvalue weighted by atomic mass is 32.1. The number of carbonyl (C=O) groups is 1. The molecule has 6 heteroatoms. The maximum absolute atomic E-state index is 12.3. The van der Waals surface area contributed by atoms with Gasteiger partial charge < -0.3 is 9.47 Å². The molecule has 1 fully saturated rings. The maximum atomic E-state index is 12.3. The molecule has 24 heavy (non-hydrogen) atoms. The van der Waals surface area contributed by atoms with Gasteiger partial charge in [0.1, 0.15) is 0 Å². The first-order valence-electron chi connectivity index (χ1n) is 8.36. The van der Waals surface area contributed by atoms with Gasteiger partial charge in [-0.15, -0.1) is 0 Å². The van der Waals surface area contributed by atoms with Gasteiger partial charge in [-0.1, -0.05) is 6.07 Å². The van der Waals surface area contributed by atoms with E-state index in [2.05, 4.69) is 4.90 Å². The number of hydrogen-bond acceptors (Lipinski definition) is 4. The topological polar surface area (TPSA) is 45.5 Å². The van der Waals surface area contributed by atoms with Crippen LogP contribution in [0.3, 0.4) is 0 Å². The molecule has 3 rings (SSSR count). The number of aryl methyl sites for hydroxylation is 1. The monoisotopic (exact) mass is 345 g/mol. The molecule has 2 aromatic rings. The number of pyridine rings is 1. The van der Waals surface area contributed by atoms with Gasteiger partial charge in [0.2, 0.25) is 5.91 Å². The van der Waals surface area contributed by atoms with E-state index < -0.39 is 0 Å². The third-order valence-corrected chi connectivity index (χ3v) is 5.18. The lowest BCUT2D eigenvalue weighted by molar-refractivity contribution is -0.132. The average molecular weight is 345 g/mol. The van der Waals surface area contributed by atoms with Crippen LogP contribution >= 0.6 is 11.3 Å². The van der Waals surface area contributed by atoms with Crippen LogP contribution in [0.15, 0.2) is 40.0 Å². The Morgan fingerprint density at radius 3 is 2.58 bits per heavy atom. The number of rotatable bonds is 5. The van der Waals surface area contributed by atoms with E-state index in [-0.39, 0.29) is 11.5 Å². The molecule has 0 N–H and O–H groups in total. The number of hydrogen-bond donors (Lipinski definition) is 0. The molecule has 1 amide bonds. The molecule has 0 spiro atoms. The third-order valence-electron chi connectivity index (χ3n) is 4.45. The van der Waals surface area contributed by atoms with Crippen LogP contribution in [0.5, 0.6) is 0 Å². The van der Waals surface area contributed by atoms with Crippen LogP contribution in [-0.2, 0) is 24.3 Å². The molecule has 1 aliphatic heterocycles. The first kappa shape index (κ1) is 16.9. The van der Waals surface area contributed by atoms with Gasteiger partial charge in [-0.2, -0.15) is 11.3 Å². The van der Waals surface area contributed by atoms with E-state index in [1.165, 1.54) is 0 Å².